The topological polar surface area (TPSA) is 52.9 Å². The van der Waals surface area contributed by atoms with Crippen LogP contribution in [0.3, 0.4) is 0 Å². The van der Waals surface area contributed by atoms with E-state index in [4.69, 9.17) is 5.26 Å². The zero-order valence-corrected chi connectivity index (χ0v) is 10.5. The molecule has 100 valence electrons. The molecular weight excluding hydrogens is 250 g/mol. The van der Waals surface area contributed by atoms with Gasteiger partial charge in [0, 0.05) is 12.1 Å². The molecule has 19 heavy (non-hydrogen) atoms. The van der Waals surface area contributed by atoms with E-state index in [1.165, 1.54) is 0 Å². The van der Waals surface area contributed by atoms with Crippen LogP contribution in [0.25, 0.3) is 0 Å². The third-order valence-electron chi connectivity index (χ3n) is 3.49. The van der Waals surface area contributed by atoms with Gasteiger partial charge >= 0.3 is 0 Å². The lowest BCUT2D eigenvalue weighted by atomic mass is 9.63. The molecule has 2 rings (SSSR count). The van der Waals surface area contributed by atoms with E-state index in [9.17, 15) is 13.6 Å². The first-order chi connectivity index (χ1) is 8.97. The monoisotopic (exact) mass is 264 g/mol. The number of halogens is 2. The molecule has 1 aromatic rings. The summed E-state index contributed by atoms with van der Waals surface area (Å²) in [4.78, 5) is 11.9. The molecule has 0 spiro atoms. The van der Waals surface area contributed by atoms with Gasteiger partial charge in [0.2, 0.25) is 5.91 Å². The smallest absolute Gasteiger partial charge is 0.240 e. The van der Waals surface area contributed by atoms with Crippen LogP contribution in [0.5, 0.6) is 0 Å². The zero-order chi connectivity index (χ0) is 14.0. The van der Waals surface area contributed by atoms with Gasteiger partial charge in [0.25, 0.3) is 0 Å². The molecule has 1 fully saturated rings. The zero-order valence-electron chi connectivity index (χ0n) is 10.5. The van der Waals surface area contributed by atoms with Gasteiger partial charge in [-0.3, -0.25) is 4.79 Å². The average molecular weight is 264 g/mol. The van der Waals surface area contributed by atoms with Crippen LogP contribution < -0.4 is 5.32 Å². The molecule has 5 heteroatoms. The summed E-state index contributed by atoms with van der Waals surface area (Å²) in [7, 11) is 0. The molecule has 3 nitrogen and oxygen atoms in total. The number of rotatable bonds is 3. The molecule has 0 radical (unpaired) electrons. The lowest BCUT2D eigenvalue weighted by Gasteiger charge is -2.39. The quantitative estimate of drug-likeness (QED) is 0.912. The van der Waals surface area contributed by atoms with Crippen LogP contribution in [0.4, 0.5) is 8.78 Å². The summed E-state index contributed by atoms with van der Waals surface area (Å²) in [6.45, 7) is 1.86. The second-order valence-corrected chi connectivity index (χ2v) is 5.13. The highest BCUT2D eigenvalue weighted by Gasteiger charge is 2.48. The van der Waals surface area contributed by atoms with Gasteiger partial charge in [0.15, 0.2) is 0 Å². The first kappa shape index (κ1) is 13.5. The fraction of sp³-hybridized carbons (Fsp3) is 0.429. The van der Waals surface area contributed by atoms with Crippen LogP contribution in [-0.4, -0.2) is 5.91 Å². The molecule has 1 aromatic carbocycles. The first-order valence-corrected chi connectivity index (χ1v) is 6.10. The molecule has 0 aliphatic heterocycles. The molecule has 0 saturated heterocycles. The van der Waals surface area contributed by atoms with Crippen molar-refractivity contribution in [2.45, 2.75) is 26.3 Å². The van der Waals surface area contributed by atoms with Crippen molar-refractivity contribution in [2.75, 3.05) is 0 Å². The standard InChI is InChI=1S/C14H14F2N2O/c1-9-5-14(6-9,8-17)13(19)18-7-10-4-11(15)2-3-12(10)16/h2-4,9H,5-7H2,1H3,(H,18,19). The summed E-state index contributed by atoms with van der Waals surface area (Å²) in [6.07, 6.45) is 1.03. The van der Waals surface area contributed by atoms with Crippen molar-refractivity contribution < 1.29 is 13.6 Å². The minimum absolute atomic E-state index is 0.0776. The van der Waals surface area contributed by atoms with E-state index in [1.807, 2.05) is 13.0 Å². The second kappa shape index (κ2) is 4.96. The molecule has 1 saturated carbocycles. The minimum Gasteiger partial charge on any atom is -0.351 e. The first-order valence-electron chi connectivity index (χ1n) is 6.10. The highest BCUT2D eigenvalue weighted by atomic mass is 19.1. The summed E-state index contributed by atoms with van der Waals surface area (Å²) < 4.78 is 26.3. The Hall–Kier alpha value is -1.96. The minimum atomic E-state index is -0.997. The van der Waals surface area contributed by atoms with Crippen molar-refractivity contribution in [3.8, 4) is 6.07 Å². The van der Waals surface area contributed by atoms with Gasteiger partial charge in [-0.15, -0.1) is 0 Å². The molecule has 0 heterocycles. The van der Waals surface area contributed by atoms with Gasteiger partial charge in [-0.1, -0.05) is 6.92 Å². The Kier molecular flexibility index (Phi) is 3.52. The molecule has 1 aliphatic rings. The molecule has 0 bridgehead atoms. The predicted octanol–water partition coefficient (Wildman–Crippen LogP) is 2.52. The van der Waals surface area contributed by atoms with Crippen molar-refractivity contribution in [2.24, 2.45) is 11.3 Å². The number of hydrogen-bond donors (Lipinski definition) is 1. The summed E-state index contributed by atoms with van der Waals surface area (Å²) in [5.41, 5.74) is -0.919. The van der Waals surface area contributed by atoms with Crippen molar-refractivity contribution in [3.63, 3.8) is 0 Å². The summed E-state index contributed by atoms with van der Waals surface area (Å²) in [5, 5.41) is 11.6. The molecular formula is C14H14F2N2O. The SMILES string of the molecule is CC1CC(C#N)(C(=O)NCc2cc(F)ccc2F)C1. The molecule has 0 unspecified atom stereocenters. The Bertz CT molecular complexity index is 545. The van der Waals surface area contributed by atoms with Crippen molar-refractivity contribution in [1.82, 2.24) is 5.32 Å². The third-order valence-corrected chi connectivity index (χ3v) is 3.49. The maximum atomic E-state index is 13.4. The number of hydrogen-bond acceptors (Lipinski definition) is 2. The van der Waals surface area contributed by atoms with E-state index in [-0.39, 0.29) is 12.1 Å². The summed E-state index contributed by atoms with van der Waals surface area (Å²) in [5.74, 6) is -1.19. The Morgan fingerprint density at radius 2 is 2.21 bits per heavy atom. The van der Waals surface area contributed by atoms with Gasteiger partial charge < -0.3 is 5.32 Å². The number of carbonyl (C=O) groups is 1. The fourth-order valence-electron chi connectivity index (χ4n) is 2.48. The molecule has 1 amide bonds. The third kappa shape index (κ3) is 2.58. The summed E-state index contributed by atoms with van der Waals surface area (Å²) in [6, 6.07) is 5.10. The van der Waals surface area contributed by atoms with Gasteiger partial charge in [0.1, 0.15) is 17.0 Å². The van der Waals surface area contributed by atoms with Crippen molar-refractivity contribution in [3.05, 3.63) is 35.4 Å². The second-order valence-electron chi connectivity index (χ2n) is 5.13. The van der Waals surface area contributed by atoms with Crippen LogP contribution in [-0.2, 0) is 11.3 Å². The maximum Gasteiger partial charge on any atom is 0.240 e. The lowest BCUT2D eigenvalue weighted by molar-refractivity contribution is -0.134. The maximum absolute atomic E-state index is 13.4. The van der Waals surface area contributed by atoms with E-state index >= 15 is 0 Å². The van der Waals surface area contributed by atoms with Gasteiger partial charge in [-0.2, -0.15) is 5.26 Å². The average Bonchev–Trinajstić information content (AvgIpc) is 2.35. The number of carbonyl (C=O) groups excluding carboxylic acids is 1. The highest BCUT2D eigenvalue weighted by Crippen LogP contribution is 2.45. The van der Waals surface area contributed by atoms with Gasteiger partial charge in [0.05, 0.1) is 6.07 Å². The summed E-state index contributed by atoms with van der Waals surface area (Å²) >= 11 is 0. The van der Waals surface area contributed by atoms with E-state index < -0.39 is 23.0 Å². The van der Waals surface area contributed by atoms with Crippen LogP contribution in [0.15, 0.2) is 18.2 Å². The van der Waals surface area contributed by atoms with Crippen LogP contribution in [0.1, 0.15) is 25.3 Å². The lowest BCUT2D eigenvalue weighted by Crippen LogP contribution is -2.47. The van der Waals surface area contributed by atoms with E-state index in [0.717, 1.165) is 18.2 Å². The Labute approximate surface area is 110 Å². The number of nitriles is 1. The Morgan fingerprint density at radius 3 is 2.79 bits per heavy atom. The predicted molar refractivity (Wildman–Crippen MR) is 64.6 cm³/mol. The van der Waals surface area contributed by atoms with Crippen LogP contribution in [0, 0.1) is 34.3 Å². The van der Waals surface area contributed by atoms with E-state index in [0.29, 0.717) is 18.8 Å². The Balaban J connectivity index is 2.01. The Morgan fingerprint density at radius 1 is 1.53 bits per heavy atom. The molecule has 0 aromatic heterocycles. The van der Waals surface area contributed by atoms with Crippen molar-refractivity contribution in [1.29, 1.82) is 5.26 Å². The number of benzene rings is 1. The number of nitrogens with zero attached hydrogens (tertiary/aromatic N) is 1. The number of amides is 1. The number of nitrogens with one attached hydrogen (secondary N) is 1. The van der Waals surface area contributed by atoms with Gasteiger partial charge in [-0.05, 0) is 37.0 Å². The largest absolute Gasteiger partial charge is 0.351 e. The fourth-order valence-corrected chi connectivity index (χ4v) is 2.48. The van der Waals surface area contributed by atoms with Crippen LogP contribution in [0.2, 0.25) is 0 Å². The van der Waals surface area contributed by atoms with E-state index in [2.05, 4.69) is 5.32 Å². The molecule has 0 atom stereocenters. The van der Waals surface area contributed by atoms with E-state index in [1.54, 1.807) is 0 Å². The van der Waals surface area contributed by atoms with Crippen LogP contribution >= 0.6 is 0 Å². The van der Waals surface area contributed by atoms with Crippen molar-refractivity contribution >= 4 is 5.91 Å². The highest BCUT2D eigenvalue weighted by molar-refractivity contribution is 5.86. The normalized spacial score (nSPS) is 25.3. The van der Waals surface area contributed by atoms with Gasteiger partial charge in [-0.25, -0.2) is 8.78 Å². The molecule has 1 N–H and O–H groups in total. The molecule has 1 aliphatic carbocycles.